The van der Waals surface area contributed by atoms with E-state index in [4.69, 9.17) is 0 Å². The maximum absolute atomic E-state index is 11.4. The number of para-hydroxylation sites is 2. The molecular weight excluding hydrogens is 176 g/mol. The number of hydrogen-bond donors (Lipinski definition) is 0. The van der Waals surface area contributed by atoms with Gasteiger partial charge in [-0.25, -0.2) is 9.55 Å². The Balaban J connectivity index is 2.94. The highest BCUT2D eigenvalue weighted by Gasteiger charge is 1.99. The minimum Gasteiger partial charge on any atom is -0.267 e. The van der Waals surface area contributed by atoms with Gasteiger partial charge in [0.25, 0.3) is 5.56 Å². The molecule has 2 aromatic rings. The predicted molar refractivity (Wildman–Crippen MR) is 54.9 cm³/mol. The van der Waals surface area contributed by atoms with Gasteiger partial charge in [0.15, 0.2) is 0 Å². The van der Waals surface area contributed by atoms with Gasteiger partial charge in [0.2, 0.25) is 0 Å². The summed E-state index contributed by atoms with van der Waals surface area (Å²) in [4.78, 5) is 15.4. The highest BCUT2D eigenvalue weighted by atomic mass is 16.1. The predicted octanol–water partition coefficient (Wildman–Crippen LogP) is 1.23. The molecule has 0 fully saturated rings. The van der Waals surface area contributed by atoms with E-state index in [1.165, 1.54) is 10.8 Å². The highest BCUT2D eigenvalue weighted by Crippen LogP contribution is 2.06. The molecule has 0 aliphatic carbocycles. The van der Waals surface area contributed by atoms with E-state index in [0.717, 1.165) is 11.0 Å². The molecule has 0 aliphatic heterocycles. The van der Waals surface area contributed by atoms with Crippen LogP contribution in [-0.4, -0.2) is 9.55 Å². The zero-order valence-electron chi connectivity index (χ0n) is 7.69. The van der Waals surface area contributed by atoms with E-state index in [-0.39, 0.29) is 5.56 Å². The van der Waals surface area contributed by atoms with Crippen LogP contribution >= 0.6 is 0 Å². The summed E-state index contributed by atoms with van der Waals surface area (Å²) in [6.07, 6.45) is 1.28. The Hall–Kier alpha value is -2.08. The van der Waals surface area contributed by atoms with Crippen LogP contribution in [0.25, 0.3) is 11.0 Å². The van der Waals surface area contributed by atoms with Gasteiger partial charge in [-0.3, -0.25) is 4.79 Å². The van der Waals surface area contributed by atoms with Gasteiger partial charge in [0.05, 0.1) is 17.2 Å². The van der Waals surface area contributed by atoms with Crippen molar-refractivity contribution in [1.29, 1.82) is 0 Å². The minimum atomic E-state index is -0.196. The second-order valence-electron chi connectivity index (χ2n) is 2.78. The summed E-state index contributed by atoms with van der Waals surface area (Å²) >= 11 is 0. The van der Waals surface area contributed by atoms with Crippen molar-refractivity contribution in [1.82, 2.24) is 9.55 Å². The molecule has 0 saturated carbocycles. The monoisotopic (exact) mass is 184 g/mol. The van der Waals surface area contributed by atoms with Gasteiger partial charge in [0, 0.05) is 6.04 Å². The molecule has 1 aromatic carbocycles. The lowest BCUT2D eigenvalue weighted by Crippen LogP contribution is -2.16. The van der Waals surface area contributed by atoms with Crippen molar-refractivity contribution in [3.05, 3.63) is 40.8 Å². The number of nitrogens with zero attached hydrogens (tertiary/aromatic N) is 2. The lowest BCUT2D eigenvalue weighted by Gasteiger charge is -2.00. The average molecular weight is 184 g/mol. The second kappa shape index (κ2) is 3.35. The SMILES string of the molecule is CC#Cn1c(=O)cnc2ccccc21. The van der Waals surface area contributed by atoms with Crippen LogP contribution in [0, 0.1) is 12.0 Å². The molecule has 0 aliphatic rings. The van der Waals surface area contributed by atoms with E-state index in [1.54, 1.807) is 6.92 Å². The summed E-state index contributed by atoms with van der Waals surface area (Å²) in [5.74, 6) is 2.70. The highest BCUT2D eigenvalue weighted by molar-refractivity contribution is 5.75. The van der Waals surface area contributed by atoms with Crippen LogP contribution in [0.5, 0.6) is 0 Å². The molecule has 0 amide bonds. The summed E-state index contributed by atoms with van der Waals surface area (Å²) < 4.78 is 1.41. The van der Waals surface area contributed by atoms with E-state index >= 15 is 0 Å². The molecule has 14 heavy (non-hydrogen) atoms. The number of benzene rings is 1. The molecule has 0 atom stereocenters. The lowest BCUT2D eigenvalue weighted by atomic mass is 10.3. The fraction of sp³-hybridized carbons (Fsp3) is 0.0909. The first-order valence-electron chi connectivity index (χ1n) is 4.22. The number of hydrogen-bond acceptors (Lipinski definition) is 2. The zero-order chi connectivity index (χ0) is 9.97. The standard InChI is InChI=1S/C11H8N2O/c1-2-7-13-10-6-4-3-5-9(10)12-8-11(13)14/h3-6,8H,1H3. The average Bonchev–Trinajstić information content (AvgIpc) is 2.23. The van der Waals surface area contributed by atoms with Crippen molar-refractivity contribution < 1.29 is 0 Å². The Morgan fingerprint density at radius 2 is 2.14 bits per heavy atom. The van der Waals surface area contributed by atoms with E-state index in [2.05, 4.69) is 16.9 Å². The van der Waals surface area contributed by atoms with Crippen molar-refractivity contribution in [2.45, 2.75) is 6.92 Å². The fourth-order valence-corrected chi connectivity index (χ4v) is 1.29. The molecule has 2 rings (SSSR count). The van der Waals surface area contributed by atoms with Gasteiger partial charge in [-0.2, -0.15) is 0 Å². The molecule has 3 heteroatoms. The molecule has 1 heterocycles. The van der Waals surface area contributed by atoms with Crippen molar-refractivity contribution in [3.8, 4) is 12.0 Å². The van der Waals surface area contributed by atoms with Gasteiger partial charge in [0.1, 0.15) is 0 Å². The second-order valence-corrected chi connectivity index (χ2v) is 2.78. The summed E-state index contributed by atoms with van der Waals surface area (Å²) in [5.41, 5.74) is 1.32. The van der Waals surface area contributed by atoms with Gasteiger partial charge in [-0.05, 0) is 19.1 Å². The first kappa shape index (κ1) is 8.52. The van der Waals surface area contributed by atoms with E-state index in [1.807, 2.05) is 24.3 Å². The molecular formula is C11H8N2O. The third-order valence-electron chi connectivity index (χ3n) is 1.88. The molecule has 0 saturated heterocycles. The van der Waals surface area contributed by atoms with Gasteiger partial charge in [-0.1, -0.05) is 18.1 Å². The Kier molecular flexibility index (Phi) is 2.04. The van der Waals surface area contributed by atoms with Crippen molar-refractivity contribution in [2.75, 3.05) is 0 Å². The van der Waals surface area contributed by atoms with Crippen LogP contribution in [0.15, 0.2) is 35.3 Å². The number of aromatic nitrogens is 2. The Labute approximate surface area is 81.0 Å². The third kappa shape index (κ3) is 1.27. The van der Waals surface area contributed by atoms with E-state index in [9.17, 15) is 4.79 Å². The quantitative estimate of drug-likeness (QED) is 0.577. The van der Waals surface area contributed by atoms with Crippen molar-refractivity contribution in [2.24, 2.45) is 0 Å². The number of rotatable bonds is 0. The van der Waals surface area contributed by atoms with Crippen LogP contribution in [0.2, 0.25) is 0 Å². The van der Waals surface area contributed by atoms with Crippen LogP contribution in [0.1, 0.15) is 6.92 Å². The summed E-state index contributed by atoms with van der Waals surface area (Å²) in [6.45, 7) is 1.70. The molecule has 0 spiro atoms. The number of fused-ring (bicyclic) bond motifs is 1. The smallest absolute Gasteiger partial charge is 0.267 e. The van der Waals surface area contributed by atoms with Crippen LogP contribution < -0.4 is 5.56 Å². The van der Waals surface area contributed by atoms with Crippen LogP contribution in [0.4, 0.5) is 0 Å². The molecule has 0 bridgehead atoms. The largest absolute Gasteiger partial charge is 0.281 e. The third-order valence-corrected chi connectivity index (χ3v) is 1.88. The molecule has 3 nitrogen and oxygen atoms in total. The lowest BCUT2D eigenvalue weighted by molar-refractivity contribution is 1.06. The molecule has 0 radical (unpaired) electrons. The molecule has 0 N–H and O–H groups in total. The van der Waals surface area contributed by atoms with E-state index < -0.39 is 0 Å². The molecule has 1 aromatic heterocycles. The Morgan fingerprint density at radius 1 is 1.36 bits per heavy atom. The van der Waals surface area contributed by atoms with Gasteiger partial charge in [-0.15, -0.1) is 0 Å². The summed E-state index contributed by atoms with van der Waals surface area (Å²) in [5, 5.41) is 0. The fourth-order valence-electron chi connectivity index (χ4n) is 1.29. The van der Waals surface area contributed by atoms with Gasteiger partial charge < -0.3 is 0 Å². The summed E-state index contributed by atoms with van der Waals surface area (Å²) in [7, 11) is 0. The van der Waals surface area contributed by atoms with Crippen LogP contribution in [-0.2, 0) is 0 Å². The first-order chi connectivity index (χ1) is 6.83. The normalized spacial score (nSPS) is 9.50. The Bertz CT molecular complexity index is 587. The first-order valence-corrected chi connectivity index (χ1v) is 4.22. The summed E-state index contributed by atoms with van der Waals surface area (Å²) in [6, 6.07) is 10.1. The topological polar surface area (TPSA) is 34.9 Å². The molecule has 68 valence electrons. The Morgan fingerprint density at radius 3 is 2.93 bits per heavy atom. The van der Waals surface area contributed by atoms with Crippen LogP contribution in [0.3, 0.4) is 0 Å². The molecule has 0 unspecified atom stereocenters. The maximum Gasteiger partial charge on any atom is 0.281 e. The minimum absolute atomic E-state index is 0.196. The van der Waals surface area contributed by atoms with E-state index in [0.29, 0.717) is 0 Å². The van der Waals surface area contributed by atoms with Gasteiger partial charge >= 0.3 is 0 Å². The zero-order valence-corrected chi connectivity index (χ0v) is 7.69. The maximum atomic E-state index is 11.4. The van der Waals surface area contributed by atoms with Crippen molar-refractivity contribution >= 4 is 11.0 Å². The van der Waals surface area contributed by atoms with Crippen molar-refractivity contribution in [3.63, 3.8) is 0 Å².